The molecule has 5 nitrogen and oxygen atoms in total. The Balaban J connectivity index is 1.74. The van der Waals surface area contributed by atoms with E-state index < -0.39 is 5.41 Å². The maximum absolute atomic E-state index is 12.7. The van der Waals surface area contributed by atoms with E-state index in [-0.39, 0.29) is 11.8 Å². The summed E-state index contributed by atoms with van der Waals surface area (Å²) in [6.45, 7) is 4.24. The highest BCUT2D eigenvalue weighted by Gasteiger charge is 2.46. The van der Waals surface area contributed by atoms with Gasteiger partial charge in [0.05, 0.1) is 17.0 Å². The van der Waals surface area contributed by atoms with Gasteiger partial charge in [0.25, 0.3) is 5.91 Å². The van der Waals surface area contributed by atoms with Crippen LogP contribution in [-0.4, -0.2) is 43.0 Å². The summed E-state index contributed by atoms with van der Waals surface area (Å²) >= 11 is 6.16. The minimum Gasteiger partial charge on any atom is -0.492 e. The fraction of sp³-hybridized carbons (Fsp3) is 0.529. The Morgan fingerprint density at radius 1 is 1.43 bits per heavy atom. The Kier molecular flexibility index (Phi) is 4.48. The number of ether oxygens (including phenoxy) is 1. The maximum Gasteiger partial charge on any atom is 0.253 e. The highest BCUT2D eigenvalue weighted by atomic mass is 35.5. The third-order valence-electron chi connectivity index (χ3n) is 4.72. The summed E-state index contributed by atoms with van der Waals surface area (Å²) in [4.78, 5) is 26.7. The zero-order valence-corrected chi connectivity index (χ0v) is 14.0. The monoisotopic (exact) mass is 336 g/mol. The van der Waals surface area contributed by atoms with Crippen molar-refractivity contribution in [2.24, 2.45) is 5.41 Å². The van der Waals surface area contributed by atoms with Gasteiger partial charge in [0.15, 0.2) is 0 Å². The van der Waals surface area contributed by atoms with E-state index in [1.807, 2.05) is 6.92 Å². The molecule has 2 saturated heterocycles. The molecule has 23 heavy (non-hydrogen) atoms. The van der Waals surface area contributed by atoms with Gasteiger partial charge >= 0.3 is 0 Å². The molecule has 2 aliphatic heterocycles. The summed E-state index contributed by atoms with van der Waals surface area (Å²) in [6, 6.07) is 5.09. The van der Waals surface area contributed by atoms with Gasteiger partial charge in [-0.05, 0) is 44.4 Å². The number of hydrogen-bond acceptors (Lipinski definition) is 3. The van der Waals surface area contributed by atoms with Crippen molar-refractivity contribution >= 4 is 23.4 Å². The lowest BCUT2D eigenvalue weighted by Crippen LogP contribution is -2.47. The molecule has 2 amide bonds. The quantitative estimate of drug-likeness (QED) is 0.922. The average molecular weight is 337 g/mol. The summed E-state index contributed by atoms with van der Waals surface area (Å²) in [5, 5.41) is 3.36. The van der Waals surface area contributed by atoms with Crippen molar-refractivity contribution in [2.45, 2.75) is 26.2 Å². The van der Waals surface area contributed by atoms with Crippen LogP contribution < -0.4 is 10.1 Å². The molecule has 0 unspecified atom stereocenters. The predicted molar refractivity (Wildman–Crippen MR) is 87.8 cm³/mol. The van der Waals surface area contributed by atoms with Crippen molar-refractivity contribution in [1.29, 1.82) is 0 Å². The van der Waals surface area contributed by atoms with Crippen LogP contribution in [-0.2, 0) is 4.79 Å². The van der Waals surface area contributed by atoms with Crippen LogP contribution in [0, 0.1) is 5.41 Å². The van der Waals surface area contributed by atoms with Crippen LogP contribution in [0.2, 0.25) is 5.02 Å². The molecule has 0 aliphatic carbocycles. The van der Waals surface area contributed by atoms with Gasteiger partial charge in [0.2, 0.25) is 5.91 Å². The number of piperidine rings is 1. The first-order valence-electron chi connectivity index (χ1n) is 8.06. The molecule has 0 bridgehead atoms. The van der Waals surface area contributed by atoms with Crippen molar-refractivity contribution in [3.63, 3.8) is 0 Å². The van der Waals surface area contributed by atoms with Crippen molar-refractivity contribution in [3.8, 4) is 5.75 Å². The van der Waals surface area contributed by atoms with Gasteiger partial charge in [0.1, 0.15) is 5.75 Å². The summed E-state index contributed by atoms with van der Waals surface area (Å²) in [5.41, 5.74) is 0.134. The summed E-state index contributed by atoms with van der Waals surface area (Å²) in [6.07, 6.45) is 2.56. The van der Waals surface area contributed by atoms with E-state index in [4.69, 9.17) is 16.3 Å². The van der Waals surface area contributed by atoms with Gasteiger partial charge in [-0.3, -0.25) is 9.59 Å². The second-order valence-electron chi connectivity index (χ2n) is 6.19. The number of rotatable bonds is 3. The van der Waals surface area contributed by atoms with Crippen molar-refractivity contribution in [2.75, 3.05) is 26.2 Å². The fourth-order valence-electron chi connectivity index (χ4n) is 3.45. The Morgan fingerprint density at radius 2 is 2.26 bits per heavy atom. The van der Waals surface area contributed by atoms with E-state index in [0.717, 1.165) is 25.8 Å². The second kappa shape index (κ2) is 6.40. The first-order valence-corrected chi connectivity index (χ1v) is 8.43. The first-order chi connectivity index (χ1) is 11.1. The normalized spacial score (nSPS) is 23.9. The third-order valence-corrected chi connectivity index (χ3v) is 5.01. The van der Waals surface area contributed by atoms with Gasteiger partial charge in [-0.25, -0.2) is 0 Å². The number of hydrogen-bond donors (Lipinski definition) is 1. The third kappa shape index (κ3) is 3.02. The number of nitrogens with zero attached hydrogens (tertiary/aromatic N) is 1. The topological polar surface area (TPSA) is 58.6 Å². The molecule has 2 aliphatic rings. The molecule has 0 aromatic heterocycles. The number of carbonyl (C=O) groups is 2. The lowest BCUT2D eigenvalue weighted by atomic mass is 9.79. The smallest absolute Gasteiger partial charge is 0.253 e. The van der Waals surface area contributed by atoms with E-state index in [0.29, 0.717) is 36.0 Å². The van der Waals surface area contributed by atoms with E-state index >= 15 is 0 Å². The molecular weight excluding hydrogens is 316 g/mol. The molecule has 2 heterocycles. The number of amides is 2. The molecule has 6 heteroatoms. The highest BCUT2D eigenvalue weighted by Crippen LogP contribution is 2.38. The van der Waals surface area contributed by atoms with Crippen LogP contribution in [0.3, 0.4) is 0 Å². The Morgan fingerprint density at radius 3 is 2.96 bits per heavy atom. The lowest BCUT2D eigenvalue weighted by molar-refractivity contribution is -0.132. The highest BCUT2D eigenvalue weighted by molar-refractivity contribution is 6.32. The van der Waals surface area contributed by atoms with Crippen molar-refractivity contribution in [3.05, 3.63) is 28.8 Å². The van der Waals surface area contributed by atoms with Gasteiger partial charge in [-0.15, -0.1) is 0 Å². The molecule has 0 radical (unpaired) electrons. The minimum atomic E-state index is -0.400. The largest absolute Gasteiger partial charge is 0.492 e. The number of benzene rings is 1. The van der Waals surface area contributed by atoms with E-state index in [1.54, 1.807) is 23.1 Å². The van der Waals surface area contributed by atoms with E-state index in [1.165, 1.54) is 0 Å². The molecular formula is C17H21ClN2O3. The summed E-state index contributed by atoms with van der Waals surface area (Å²) < 4.78 is 5.39. The van der Waals surface area contributed by atoms with E-state index in [2.05, 4.69) is 5.32 Å². The van der Waals surface area contributed by atoms with E-state index in [9.17, 15) is 9.59 Å². The molecule has 3 rings (SSSR count). The van der Waals surface area contributed by atoms with Crippen LogP contribution in [0.1, 0.15) is 36.5 Å². The maximum atomic E-state index is 12.7. The molecule has 1 N–H and O–H groups in total. The van der Waals surface area contributed by atoms with Gasteiger partial charge in [-0.2, -0.15) is 0 Å². The molecule has 1 aromatic rings. The molecule has 1 spiro atoms. The first kappa shape index (κ1) is 16.1. The number of halogens is 1. The lowest BCUT2D eigenvalue weighted by Gasteiger charge is -2.32. The van der Waals surface area contributed by atoms with Crippen molar-refractivity contribution in [1.82, 2.24) is 10.2 Å². The molecule has 1 aromatic carbocycles. The van der Waals surface area contributed by atoms with Gasteiger partial charge in [-0.1, -0.05) is 11.6 Å². The average Bonchev–Trinajstić information content (AvgIpc) is 2.97. The number of carbonyl (C=O) groups excluding carboxylic acids is 2. The minimum absolute atomic E-state index is 0.0785. The Hall–Kier alpha value is -1.75. The Bertz CT molecular complexity index is 634. The Labute approximate surface area is 140 Å². The zero-order valence-electron chi connectivity index (χ0n) is 13.2. The van der Waals surface area contributed by atoms with Crippen LogP contribution in [0.5, 0.6) is 5.75 Å². The summed E-state index contributed by atoms with van der Waals surface area (Å²) in [7, 11) is 0. The van der Waals surface area contributed by atoms with Crippen LogP contribution in [0.4, 0.5) is 0 Å². The van der Waals surface area contributed by atoms with Gasteiger partial charge in [0, 0.05) is 25.2 Å². The molecule has 124 valence electrons. The van der Waals surface area contributed by atoms with Gasteiger partial charge < -0.3 is 15.0 Å². The molecule has 2 fully saturated rings. The van der Waals surface area contributed by atoms with Crippen molar-refractivity contribution < 1.29 is 14.3 Å². The SMILES string of the molecule is CCOc1ccc(C(=O)N2CC[C@@]3(CCCNC3=O)C2)cc1Cl. The number of nitrogens with one attached hydrogen (secondary N) is 1. The second-order valence-corrected chi connectivity index (χ2v) is 6.60. The standard InChI is InChI=1S/C17H21ClN2O3/c1-2-23-14-5-4-12(10-13(14)18)15(21)20-9-7-17(11-20)6-3-8-19-16(17)22/h4-5,10H,2-3,6-9,11H2,1H3,(H,19,22)/t17-/m0/s1. The van der Waals surface area contributed by atoms with Crippen LogP contribution >= 0.6 is 11.6 Å². The fourth-order valence-corrected chi connectivity index (χ4v) is 3.69. The zero-order chi connectivity index (χ0) is 16.4. The number of likely N-dealkylation sites (tertiary alicyclic amines) is 1. The molecule has 1 atom stereocenters. The molecule has 0 saturated carbocycles. The predicted octanol–water partition coefficient (Wildman–Crippen LogP) is 2.48. The van der Waals surface area contributed by atoms with Crippen LogP contribution in [0.25, 0.3) is 0 Å². The summed E-state index contributed by atoms with van der Waals surface area (Å²) in [5.74, 6) is 0.587. The van der Waals surface area contributed by atoms with Crippen LogP contribution in [0.15, 0.2) is 18.2 Å².